The van der Waals surface area contributed by atoms with Crippen molar-refractivity contribution in [2.24, 2.45) is 0 Å². The summed E-state index contributed by atoms with van der Waals surface area (Å²) in [6.45, 7) is 2.76. The summed E-state index contributed by atoms with van der Waals surface area (Å²) in [6, 6.07) is 12.2. The Kier molecular flexibility index (Phi) is 6.19. The molecule has 120 valence electrons. The molecule has 0 saturated carbocycles. The molecule has 2 amide bonds. The zero-order chi connectivity index (χ0) is 16.8. The van der Waals surface area contributed by atoms with E-state index in [1.54, 1.807) is 36.4 Å². The van der Waals surface area contributed by atoms with Gasteiger partial charge in [0.05, 0.1) is 5.56 Å². The molecule has 0 aliphatic rings. The van der Waals surface area contributed by atoms with Gasteiger partial charge >= 0.3 is 0 Å². The van der Waals surface area contributed by atoms with Crippen molar-refractivity contribution in [1.29, 1.82) is 0 Å². The van der Waals surface area contributed by atoms with Crippen LogP contribution < -0.4 is 10.6 Å². The van der Waals surface area contributed by atoms with Crippen molar-refractivity contribution in [3.8, 4) is 0 Å². The van der Waals surface area contributed by atoms with Gasteiger partial charge in [-0.2, -0.15) is 0 Å². The van der Waals surface area contributed by atoms with Crippen molar-refractivity contribution >= 4 is 39.3 Å². The van der Waals surface area contributed by atoms with Gasteiger partial charge in [-0.1, -0.05) is 23.7 Å². The molecule has 0 radical (unpaired) electrons. The number of benzene rings is 2. The maximum Gasteiger partial charge on any atom is 0.252 e. The number of nitrogens with one attached hydrogen (secondary N) is 2. The third kappa shape index (κ3) is 4.81. The van der Waals surface area contributed by atoms with Crippen LogP contribution in [0.2, 0.25) is 5.02 Å². The van der Waals surface area contributed by atoms with Gasteiger partial charge in [0.25, 0.3) is 11.8 Å². The molecule has 0 spiro atoms. The summed E-state index contributed by atoms with van der Waals surface area (Å²) in [5, 5.41) is 6.07. The van der Waals surface area contributed by atoms with Crippen LogP contribution >= 0.6 is 27.5 Å². The van der Waals surface area contributed by atoms with Crippen LogP contribution in [-0.4, -0.2) is 18.4 Å². The molecule has 0 heterocycles. The Morgan fingerprint density at radius 3 is 2.61 bits per heavy atom. The van der Waals surface area contributed by atoms with Crippen LogP contribution in [-0.2, 0) is 6.54 Å². The number of halogens is 2. The van der Waals surface area contributed by atoms with Gasteiger partial charge in [0, 0.05) is 28.1 Å². The quantitative estimate of drug-likeness (QED) is 0.809. The zero-order valence-corrected chi connectivity index (χ0v) is 14.9. The Hall–Kier alpha value is -1.85. The van der Waals surface area contributed by atoms with E-state index in [4.69, 9.17) is 11.6 Å². The second-order valence-electron chi connectivity index (χ2n) is 4.87. The molecule has 6 heteroatoms. The molecule has 0 fully saturated rings. The second kappa shape index (κ2) is 8.13. The van der Waals surface area contributed by atoms with Crippen LogP contribution in [0.15, 0.2) is 46.9 Å². The minimum Gasteiger partial charge on any atom is -0.352 e. The highest BCUT2D eigenvalue weighted by Gasteiger charge is 2.11. The predicted octanol–water partition coefficient (Wildman–Crippen LogP) is 3.78. The van der Waals surface area contributed by atoms with Crippen LogP contribution in [0.3, 0.4) is 0 Å². The van der Waals surface area contributed by atoms with Gasteiger partial charge in [-0.15, -0.1) is 0 Å². The highest BCUT2D eigenvalue weighted by Crippen LogP contribution is 2.21. The van der Waals surface area contributed by atoms with Gasteiger partial charge in [-0.05, 0) is 58.7 Å². The van der Waals surface area contributed by atoms with Gasteiger partial charge in [0.1, 0.15) is 0 Å². The minimum atomic E-state index is -0.234. The summed E-state index contributed by atoms with van der Waals surface area (Å²) >= 11 is 9.25. The third-order valence-corrected chi connectivity index (χ3v) is 4.08. The van der Waals surface area contributed by atoms with Gasteiger partial charge in [0.15, 0.2) is 0 Å². The van der Waals surface area contributed by atoms with Crippen LogP contribution in [0.1, 0.15) is 33.2 Å². The normalized spacial score (nSPS) is 10.2. The maximum atomic E-state index is 12.2. The molecule has 0 bridgehead atoms. The van der Waals surface area contributed by atoms with E-state index in [-0.39, 0.29) is 11.8 Å². The summed E-state index contributed by atoms with van der Waals surface area (Å²) in [5.41, 5.74) is 1.89. The third-order valence-electron chi connectivity index (χ3n) is 3.15. The number of hydrogen-bond acceptors (Lipinski definition) is 2. The number of carbonyl (C=O) groups excluding carboxylic acids is 2. The fraction of sp³-hybridized carbons (Fsp3) is 0.176. The molecule has 23 heavy (non-hydrogen) atoms. The Morgan fingerprint density at radius 2 is 1.87 bits per heavy atom. The topological polar surface area (TPSA) is 58.2 Å². The lowest BCUT2D eigenvalue weighted by molar-refractivity contribution is 0.0946. The van der Waals surface area contributed by atoms with E-state index in [0.29, 0.717) is 33.7 Å². The van der Waals surface area contributed by atoms with Crippen molar-refractivity contribution in [3.63, 3.8) is 0 Å². The molecule has 0 aliphatic heterocycles. The first-order chi connectivity index (χ1) is 11.0. The lowest BCUT2D eigenvalue weighted by atomic mass is 10.1. The van der Waals surface area contributed by atoms with Crippen LogP contribution in [0.4, 0.5) is 0 Å². The maximum absolute atomic E-state index is 12.2. The lowest BCUT2D eigenvalue weighted by Gasteiger charge is -2.09. The van der Waals surface area contributed by atoms with E-state index in [1.807, 2.05) is 13.0 Å². The number of hydrogen-bond donors (Lipinski definition) is 2. The van der Waals surface area contributed by atoms with E-state index in [0.717, 1.165) is 5.56 Å². The van der Waals surface area contributed by atoms with Crippen molar-refractivity contribution in [1.82, 2.24) is 10.6 Å². The molecule has 2 aromatic rings. The smallest absolute Gasteiger partial charge is 0.252 e. The van der Waals surface area contributed by atoms with Gasteiger partial charge in [-0.3, -0.25) is 9.59 Å². The van der Waals surface area contributed by atoms with Crippen molar-refractivity contribution in [2.75, 3.05) is 6.54 Å². The average Bonchev–Trinajstić information content (AvgIpc) is 2.55. The summed E-state index contributed by atoms with van der Waals surface area (Å²) in [5.74, 6) is -0.360. The fourth-order valence-electron chi connectivity index (χ4n) is 2.03. The first-order valence-corrected chi connectivity index (χ1v) is 8.28. The highest BCUT2D eigenvalue weighted by atomic mass is 79.9. The molecule has 0 aromatic heterocycles. The number of carbonyl (C=O) groups is 2. The minimum absolute atomic E-state index is 0.127. The van der Waals surface area contributed by atoms with E-state index in [1.165, 1.54) is 0 Å². The van der Waals surface area contributed by atoms with Gasteiger partial charge < -0.3 is 10.6 Å². The Morgan fingerprint density at radius 1 is 1.09 bits per heavy atom. The van der Waals surface area contributed by atoms with Gasteiger partial charge in [-0.25, -0.2) is 0 Å². The molecule has 0 aliphatic carbocycles. The van der Waals surface area contributed by atoms with E-state index >= 15 is 0 Å². The molecular weight excluding hydrogens is 380 g/mol. The number of rotatable bonds is 5. The lowest BCUT2D eigenvalue weighted by Crippen LogP contribution is -2.24. The Balaban J connectivity index is 2.06. The predicted molar refractivity (Wildman–Crippen MR) is 94.8 cm³/mol. The molecule has 0 unspecified atom stereocenters. The first kappa shape index (κ1) is 17.5. The van der Waals surface area contributed by atoms with Crippen LogP contribution in [0, 0.1) is 0 Å². The van der Waals surface area contributed by atoms with E-state index in [2.05, 4.69) is 26.6 Å². The fourth-order valence-corrected chi connectivity index (χ4v) is 2.63. The SMILES string of the molecule is CCNC(=O)c1cccc(CNC(=O)c2cc(Cl)ccc2Br)c1. The first-order valence-electron chi connectivity index (χ1n) is 7.11. The van der Waals surface area contributed by atoms with Crippen molar-refractivity contribution in [2.45, 2.75) is 13.5 Å². The van der Waals surface area contributed by atoms with Crippen LogP contribution in [0.5, 0.6) is 0 Å². The van der Waals surface area contributed by atoms with Crippen molar-refractivity contribution in [3.05, 3.63) is 68.7 Å². The summed E-state index contributed by atoms with van der Waals surface area (Å²) in [4.78, 5) is 24.1. The van der Waals surface area contributed by atoms with E-state index < -0.39 is 0 Å². The Bertz CT molecular complexity index is 734. The van der Waals surface area contributed by atoms with E-state index in [9.17, 15) is 9.59 Å². The van der Waals surface area contributed by atoms with Crippen molar-refractivity contribution < 1.29 is 9.59 Å². The molecule has 2 rings (SSSR count). The average molecular weight is 396 g/mol. The Labute approximate surface area is 148 Å². The molecule has 2 N–H and O–H groups in total. The van der Waals surface area contributed by atoms with Crippen LogP contribution in [0.25, 0.3) is 0 Å². The molecule has 2 aromatic carbocycles. The monoisotopic (exact) mass is 394 g/mol. The highest BCUT2D eigenvalue weighted by molar-refractivity contribution is 9.10. The summed E-state index contributed by atoms with van der Waals surface area (Å²) in [7, 11) is 0. The molecule has 4 nitrogen and oxygen atoms in total. The van der Waals surface area contributed by atoms with Gasteiger partial charge in [0.2, 0.25) is 0 Å². The summed E-state index contributed by atoms with van der Waals surface area (Å²) < 4.78 is 0.676. The molecule has 0 atom stereocenters. The summed E-state index contributed by atoms with van der Waals surface area (Å²) in [6.07, 6.45) is 0. The molecular formula is C17H16BrClN2O2. The largest absolute Gasteiger partial charge is 0.352 e. The second-order valence-corrected chi connectivity index (χ2v) is 6.16. The standard InChI is InChI=1S/C17H16BrClN2O2/c1-2-20-16(22)12-5-3-4-11(8-12)10-21-17(23)14-9-13(19)6-7-15(14)18/h3-9H,2,10H2,1H3,(H,20,22)(H,21,23). The zero-order valence-electron chi connectivity index (χ0n) is 12.5. The number of amides is 2. The molecule has 0 saturated heterocycles.